The predicted molar refractivity (Wildman–Crippen MR) is 190 cm³/mol. The molecule has 3 fully saturated rings. The van der Waals surface area contributed by atoms with Crippen LogP contribution in [-0.4, -0.2) is 136 Å². The number of esters is 1. The van der Waals surface area contributed by atoms with E-state index in [-0.39, 0.29) is 18.6 Å². The van der Waals surface area contributed by atoms with E-state index in [1.54, 1.807) is 57.0 Å². The van der Waals surface area contributed by atoms with Crippen LogP contribution in [0.1, 0.15) is 60.8 Å². The molecule has 52 heavy (non-hydrogen) atoms. The molecule has 4 aliphatic heterocycles. The molecule has 3 saturated heterocycles. The highest BCUT2D eigenvalue weighted by Crippen LogP contribution is 2.44. The summed E-state index contributed by atoms with van der Waals surface area (Å²) in [5.74, 6) is -4.10. The number of aliphatic hydroxyl groups excluding tert-OH is 1. The quantitative estimate of drug-likeness (QED) is 0.243. The van der Waals surface area contributed by atoms with Gasteiger partial charge in [-0.05, 0) is 44.8 Å². The van der Waals surface area contributed by atoms with Gasteiger partial charge in [-0.25, -0.2) is 0 Å². The average molecular weight is 806 g/mol. The third-order valence-corrected chi connectivity index (χ3v) is 11.0. The van der Waals surface area contributed by atoms with E-state index in [1.165, 1.54) is 35.4 Å². The third-order valence-electron chi connectivity index (χ3n) is 10.7. The largest absolute Gasteiger partial charge is 0.457 e. The van der Waals surface area contributed by atoms with E-state index in [0.717, 1.165) is 5.57 Å². The Morgan fingerprint density at radius 3 is 2.06 bits per heavy atom. The van der Waals surface area contributed by atoms with E-state index < -0.39 is 103 Å². The van der Waals surface area contributed by atoms with Gasteiger partial charge in [-0.2, -0.15) is 0 Å². The first-order valence-electron chi connectivity index (χ1n) is 17.7. The summed E-state index contributed by atoms with van der Waals surface area (Å²) >= 11 is 3.22. The maximum Gasteiger partial charge on any atom is 0.314 e. The number of allylic oxidation sites excluding steroid dienone is 3. The van der Waals surface area contributed by atoms with Gasteiger partial charge in [-0.1, -0.05) is 47.5 Å². The zero-order valence-electron chi connectivity index (χ0n) is 31.8. The number of hydrogen-bond donors (Lipinski definition) is 2. The van der Waals surface area contributed by atoms with E-state index in [9.17, 15) is 19.8 Å². The molecule has 0 spiro atoms. The fourth-order valence-electron chi connectivity index (χ4n) is 7.41. The van der Waals surface area contributed by atoms with Crippen molar-refractivity contribution in [1.29, 1.82) is 0 Å². The van der Waals surface area contributed by atoms with Crippen LogP contribution in [0.2, 0.25) is 0 Å². The summed E-state index contributed by atoms with van der Waals surface area (Å²) in [7, 11) is 5.93. The van der Waals surface area contributed by atoms with Gasteiger partial charge in [0.15, 0.2) is 24.2 Å². The summed E-state index contributed by atoms with van der Waals surface area (Å²) in [5, 5.41) is 23.2. The molecule has 0 aromatic carbocycles. The molecule has 0 saturated carbocycles. The highest BCUT2D eigenvalue weighted by molar-refractivity contribution is 9.11. The minimum Gasteiger partial charge on any atom is -0.457 e. The highest BCUT2D eigenvalue weighted by atomic mass is 79.9. The lowest BCUT2D eigenvalue weighted by Crippen LogP contribution is -2.65. The number of halogens is 1. The maximum absolute atomic E-state index is 13.8. The molecule has 0 aliphatic carbocycles. The van der Waals surface area contributed by atoms with Crippen LogP contribution in [0.3, 0.4) is 0 Å². The molecule has 0 unspecified atom stereocenters. The molecule has 15 atom stereocenters. The predicted octanol–water partition coefficient (Wildman–Crippen LogP) is 3.49. The molecular formula is C37H57BrO14. The summed E-state index contributed by atoms with van der Waals surface area (Å²) in [6.07, 6.45) is -3.51. The molecular weight excluding hydrogens is 748 g/mol. The number of hydrogen-bond acceptors (Lipinski definition) is 14. The van der Waals surface area contributed by atoms with Crippen LogP contribution in [0.5, 0.6) is 0 Å². The lowest BCUT2D eigenvalue weighted by Gasteiger charge is -2.50. The van der Waals surface area contributed by atoms with Crippen molar-refractivity contribution in [1.82, 2.24) is 0 Å². The fraction of sp³-hybridized carbons (Fsp3) is 0.784. The molecule has 2 N–H and O–H groups in total. The van der Waals surface area contributed by atoms with Gasteiger partial charge in [-0.15, -0.1) is 0 Å². The average Bonchev–Trinajstić information content (AvgIpc) is 3.07. The summed E-state index contributed by atoms with van der Waals surface area (Å²) in [4.78, 5) is 29.1. The van der Waals surface area contributed by atoms with Crippen LogP contribution < -0.4 is 0 Å². The van der Waals surface area contributed by atoms with Gasteiger partial charge in [0, 0.05) is 47.7 Å². The maximum atomic E-state index is 13.8. The van der Waals surface area contributed by atoms with Crippen molar-refractivity contribution in [3.63, 3.8) is 0 Å². The standard InChI is InChI=1S/C37H57BrO14/c1-19-15-23(13-11-12-14-38)49-33(41)20(2)37(42)18-24(17-26(52-37)36(5,6)25(39)16-19)50-35-32(46-10)31(29(44-8)22(4)48-35)51-34-30(45-9)27(40)28(43-7)21(3)47-34/h11-14,16,20-24,26-32,34-35,40,42H,15,17-18H2,1-10H3/b13-11+,14-12+,19-16+/t20-,21+,22+,23+,24-,26-,27-,28+,29+,30-,31-,32-,34+,35+,37+/m1/s1. The zero-order chi connectivity index (χ0) is 38.5. The van der Waals surface area contributed by atoms with Gasteiger partial charge < -0.3 is 57.6 Å². The first-order chi connectivity index (χ1) is 24.5. The monoisotopic (exact) mass is 804 g/mol. The Morgan fingerprint density at radius 2 is 1.46 bits per heavy atom. The molecule has 0 radical (unpaired) electrons. The summed E-state index contributed by atoms with van der Waals surface area (Å²) in [6, 6.07) is 0. The van der Waals surface area contributed by atoms with Crippen LogP contribution in [0.15, 0.2) is 34.9 Å². The fourth-order valence-corrected chi connectivity index (χ4v) is 7.59. The molecule has 4 heterocycles. The van der Waals surface area contributed by atoms with Gasteiger partial charge >= 0.3 is 5.97 Å². The number of aliphatic hydroxyl groups is 2. The molecule has 2 bridgehead atoms. The van der Waals surface area contributed by atoms with Gasteiger partial charge in [0.2, 0.25) is 0 Å². The Balaban J connectivity index is 1.65. The van der Waals surface area contributed by atoms with Crippen molar-refractivity contribution >= 4 is 27.7 Å². The second-order valence-corrected chi connectivity index (χ2v) is 15.2. The molecule has 15 heteroatoms. The number of methoxy groups -OCH3 is 4. The zero-order valence-corrected chi connectivity index (χ0v) is 33.3. The normalized spacial score (nSPS) is 44.5. The molecule has 0 aromatic heterocycles. The van der Waals surface area contributed by atoms with Gasteiger partial charge in [0.1, 0.15) is 48.6 Å². The van der Waals surface area contributed by atoms with Gasteiger partial charge in [0.05, 0.1) is 29.8 Å². The first-order valence-corrected chi connectivity index (χ1v) is 18.6. The number of carbonyl (C=O) groups excluding carboxylic acids is 2. The van der Waals surface area contributed by atoms with Crippen molar-refractivity contribution in [2.45, 2.75) is 146 Å². The van der Waals surface area contributed by atoms with E-state index in [1.807, 2.05) is 6.92 Å². The molecule has 4 aliphatic rings. The molecule has 0 aromatic rings. The van der Waals surface area contributed by atoms with Crippen LogP contribution in [0, 0.1) is 11.3 Å². The van der Waals surface area contributed by atoms with Crippen LogP contribution in [0.4, 0.5) is 0 Å². The Kier molecular flexibility index (Phi) is 15.2. The van der Waals surface area contributed by atoms with Gasteiger partial charge in [0.25, 0.3) is 0 Å². The number of fused-ring (bicyclic) bond motifs is 2. The second kappa shape index (κ2) is 18.4. The van der Waals surface area contributed by atoms with E-state index >= 15 is 0 Å². The van der Waals surface area contributed by atoms with Crippen molar-refractivity contribution < 1.29 is 67.2 Å². The van der Waals surface area contributed by atoms with Crippen molar-refractivity contribution in [3.8, 4) is 0 Å². The smallest absolute Gasteiger partial charge is 0.314 e. The summed E-state index contributed by atoms with van der Waals surface area (Å²) in [5.41, 5.74) is -0.400. The van der Waals surface area contributed by atoms with Crippen LogP contribution in [0.25, 0.3) is 0 Å². The number of ketones is 1. The van der Waals surface area contributed by atoms with E-state index in [0.29, 0.717) is 6.42 Å². The van der Waals surface area contributed by atoms with Crippen molar-refractivity contribution in [3.05, 3.63) is 34.9 Å². The Bertz CT molecular complexity index is 1300. The van der Waals surface area contributed by atoms with Crippen molar-refractivity contribution in [2.75, 3.05) is 28.4 Å². The Morgan fingerprint density at radius 1 is 0.865 bits per heavy atom. The molecule has 0 amide bonds. The van der Waals surface area contributed by atoms with E-state index in [2.05, 4.69) is 15.9 Å². The Hall–Kier alpha value is -1.60. The third kappa shape index (κ3) is 9.43. The lowest BCUT2D eigenvalue weighted by molar-refractivity contribution is -0.374. The molecule has 14 nitrogen and oxygen atoms in total. The summed E-state index contributed by atoms with van der Waals surface area (Å²) in [6.45, 7) is 10.4. The number of rotatable bonds is 10. The number of ether oxygens (including phenoxy) is 10. The van der Waals surface area contributed by atoms with E-state index in [4.69, 9.17) is 47.4 Å². The SMILES string of the molecule is CO[C@@H]1[C@@H](O)[C@@H](OC)[C@H](O[C@@H]2[C@@H](OC)[C@H](C)O[C@@H](O[C@@H]3C[C@H]4O[C@@](O)(C3)[C@H](C)C(=O)O[C@@H](/C=C/C=C/Br)C/C(C)=C/C(=O)C4(C)C)[C@@H]2OC)O[C@H]1C. The van der Waals surface area contributed by atoms with Crippen LogP contribution >= 0.6 is 15.9 Å². The minimum atomic E-state index is -2.07. The molecule has 4 rings (SSSR count). The lowest BCUT2D eigenvalue weighted by atomic mass is 9.75. The number of carbonyl (C=O) groups is 2. The van der Waals surface area contributed by atoms with Crippen LogP contribution in [-0.2, 0) is 57.0 Å². The minimum absolute atomic E-state index is 0.144. The van der Waals surface area contributed by atoms with Gasteiger partial charge in [-0.3, -0.25) is 9.59 Å². The highest BCUT2D eigenvalue weighted by Gasteiger charge is 2.56. The second-order valence-electron chi connectivity index (χ2n) is 14.6. The topological polar surface area (TPSA) is 167 Å². The van der Waals surface area contributed by atoms with Crippen molar-refractivity contribution in [2.24, 2.45) is 11.3 Å². The first kappa shape index (κ1) is 43.1. The molecule has 296 valence electrons. The summed E-state index contributed by atoms with van der Waals surface area (Å²) < 4.78 is 60.6. The number of cyclic esters (lactones) is 1. The Labute approximate surface area is 315 Å².